The largest absolute Gasteiger partial charge is 0.480 e. The van der Waals surface area contributed by atoms with Gasteiger partial charge in [0.1, 0.15) is 11.8 Å². The van der Waals surface area contributed by atoms with E-state index in [9.17, 15) is 4.79 Å². The smallest absolute Gasteiger partial charge is 0.317 e. The first-order valence-corrected chi connectivity index (χ1v) is 5.18. The third kappa shape index (κ3) is 4.53. The van der Waals surface area contributed by atoms with Gasteiger partial charge in [0.05, 0.1) is 6.54 Å². The molecule has 0 heterocycles. The van der Waals surface area contributed by atoms with Crippen LogP contribution in [0.15, 0.2) is 24.3 Å². The second-order valence-electron chi connectivity index (χ2n) is 3.51. The topological polar surface area (TPSA) is 82.3 Å². The van der Waals surface area contributed by atoms with Gasteiger partial charge in [-0.2, -0.15) is 5.26 Å². The molecule has 0 fully saturated rings. The number of benzene rings is 1. The summed E-state index contributed by atoms with van der Waals surface area (Å²) in [5, 5.41) is 19.8. The molecule has 1 rings (SSSR count). The van der Waals surface area contributed by atoms with Crippen LogP contribution >= 0.6 is 0 Å². The number of nitrogens with zero attached hydrogens (tertiary/aromatic N) is 1. The van der Waals surface area contributed by atoms with E-state index in [1.807, 2.05) is 25.1 Å². The Morgan fingerprint density at radius 3 is 2.71 bits per heavy atom. The monoisotopic (exact) mass is 234 g/mol. The van der Waals surface area contributed by atoms with Crippen LogP contribution in [0, 0.1) is 11.3 Å². The molecular weight excluding hydrogens is 220 g/mol. The van der Waals surface area contributed by atoms with E-state index in [4.69, 9.17) is 15.1 Å². The zero-order valence-corrected chi connectivity index (χ0v) is 9.51. The molecule has 1 aromatic rings. The fourth-order valence-corrected chi connectivity index (χ4v) is 1.33. The standard InChI is InChI=1S/C12H14N2O3/c1-9(14-8-12(15)16)10-2-4-11(5-3-10)17-7-6-13/h2-5,9,14H,7-8H2,1H3,(H,15,16). The summed E-state index contributed by atoms with van der Waals surface area (Å²) < 4.78 is 5.11. The molecule has 0 aliphatic heterocycles. The molecule has 0 bridgehead atoms. The van der Waals surface area contributed by atoms with E-state index < -0.39 is 5.97 Å². The van der Waals surface area contributed by atoms with E-state index in [1.165, 1.54) is 0 Å². The maximum atomic E-state index is 10.4. The van der Waals surface area contributed by atoms with Crippen molar-refractivity contribution in [3.63, 3.8) is 0 Å². The maximum Gasteiger partial charge on any atom is 0.317 e. The number of ether oxygens (including phenoxy) is 1. The Labute approximate surface area is 99.6 Å². The first-order chi connectivity index (χ1) is 8.13. The fraction of sp³-hybridized carbons (Fsp3) is 0.333. The van der Waals surface area contributed by atoms with Crippen LogP contribution in [0.1, 0.15) is 18.5 Å². The molecule has 1 atom stereocenters. The van der Waals surface area contributed by atoms with E-state index in [2.05, 4.69) is 5.32 Å². The lowest BCUT2D eigenvalue weighted by Gasteiger charge is -2.13. The first-order valence-electron chi connectivity index (χ1n) is 5.18. The molecule has 90 valence electrons. The zero-order chi connectivity index (χ0) is 12.7. The van der Waals surface area contributed by atoms with Crippen LogP contribution in [-0.4, -0.2) is 24.2 Å². The van der Waals surface area contributed by atoms with Gasteiger partial charge in [0.2, 0.25) is 0 Å². The molecule has 0 saturated carbocycles. The second kappa shape index (κ2) is 6.51. The molecule has 0 radical (unpaired) electrons. The SMILES string of the molecule is CC(NCC(=O)O)c1ccc(OCC#N)cc1. The summed E-state index contributed by atoms with van der Waals surface area (Å²) in [6, 6.07) is 9.03. The van der Waals surface area contributed by atoms with Crippen molar-refractivity contribution in [2.45, 2.75) is 13.0 Å². The highest BCUT2D eigenvalue weighted by Gasteiger charge is 2.06. The van der Waals surface area contributed by atoms with Crippen LogP contribution in [0.2, 0.25) is 0 Å². The summed E-state index contributed by atoms with van der Waals surface area (Å²) in [5.41, 5.74) is 0.968. The summed E-state index contributed by atoms with van der Waals surface area (Å²) >= 11 is 0. The van der Waals surface area contributed by atoms with E-state index in [0.717, 1.165) is 5.56 Å². The van der Waals surface area contributed by atoms with Crippen LogP contribution in [-0.2, 0) is 4.79 Å². The second-order valence-corrected chi connectivity index (χ2v) is 3.51. The van der Waals surface area contributed by atoms with Crippen molar-refractivity contribution in [2.24, 2.45) is 0 Å². The van der Waals surface area contributed by atoms with Gasteiger partial charge in [-0.25, -0.2) is 0 Å². The Bertz CT molecular complexity index is 409. The quantitative estimate of drug-likeness (QED) is 0.775. The summed E-state index contributed by atoms with van der Waals surface area (Å²) in [4.78, 5) is 10.4. The molecule has 5 heteroatoms. The van der Waals surface area contributed by atoms with Gasteiger partial charge in [0.25, 0.3) is 0 Å². The average Bonchev–Trinajstić information content (AvgIpc) is 2.34. The minimum absolute atomic E-state index is 0.0200. The molecule has 0 amide bonds. The Kier molecular flexibility index (Phi) is 4.98. The maximum absolute atomic E-state index is 10.4. The normalized spacial score (nSPS) is 11.5. The van der Waals surface area contributed by atoms with E-state index in [-0.39, 0.29) is 19.2 Å². The summed E-state index contributed by atoms with van der Waals surface area (Å²) in [5.74, 6) is -0.258. The Hall–Kier alpha value is -2.06. The number of carboxylic acids is 1. The van der Waals surface area contributed by atoms with Gasteiger partial charge in [-0.3, -0.25) is 4.79 Å². The molecular formula is C12H14N2O3. The molecule has 0 aromatic heterocycles. The average molecular weight is 234 g/mol. The lowest BCUT2D eigenvalue weighted by Crippen LogP contribution is -2.25. The van der Waals surface area contributed by atoms with Gasteiger partial charge in [0.15, 0.2) is 6.61 Å². The molecule has 2 N–H and O–H groups in total. The van der Waals surface area contributed by atoms with E-state index in [1.54, 1.807) is 12.1 Å². The highest BCUT2D eigenvalue weighted by Crippen LogP contribution is 2.17. The molecule has 0 spiro atoms. The molecule has 0 aliphatic carbocycles. The van der Waals surface area contributed by atoms with Gasteiger partial charge in [-0.05, 0) is 24.6 Å². The number of rotatable bonds is 6. The van der Waals surface area contributed by atoms with Crippen molar-refractivity contribution in [2.75, 3.05) is 13.2 Å². The van der Waals surface area contributed by atoms with Crippen LogP contribution in [0.25, 0.3) is 0 Å². The van der Waals surface area contributed by atoms with Crippen molar-refractivity contribution in [1.82, 2.24) is 5.32 Å². The minimum atomic E-state index is -0.883. The van der Waals surface area contributed by atoms with Gasteiger partial charge in [-0.1, -0.05) is 12.1 Å². The predicted molar refractivity (Wildman–Crippen MR) is 61.6 cm³/mol. The van der Waals surface area contributed by atoms with E-state index in [0.29, 0.717) is 5.75 Å². The molecule has 0 saturated heterocycles. The van der Waals surface area contributed by atoms with E-state index >= 15 is 0 Å². The number of carboxylic acid groups (broad SMARTS) is 1. The van der Waals surface area contributed by atoms with Gasteiger partial charge in [0, 0.05) is 6.04 Å². The molecule has 0 aliphatic rings. The number of hydrogen-bond acceptors (Lipinski definition) is 4. The van der Waals surface area contributed by atoms with Crippen LogP contribution in [0.5, 0.6) is 5.75 Å². The van der Waals surface area contributed by atoms with Crippen molar-refractivity contribution >= 4 is 5.97 Å². The lowest BCUT2D eigenvalue weighted by molar-refractivity contribution is -0.136. The van der Waals surface area contributed by atoms with Crippen molar-refractivity contribution in [3.05, 3.63) is 29.8 Å². The lowest BCUT2D eigenvalue weighted by atomic mass is 10.1. The van der Waals surface area contributed by atoms with Crippen LogP contribution in [0.4, 0.5) is 0 Å². The van der Waals surface area contributed by atoms with Crippen molar-refractivity contribution in [1.29, 1.82) is 5.26 Å². The highest BCUT2D eigenvalue weighted by molar-refractivity contribution is 5.69. The molecule has 5 nitrogen and oxygen atoms in total. The Morgan fingerprint density at radius 2 is 2.18 bits per heavy atom. The van der Waals surface area contributed by atoms with Gasteiger partial charge >= 0.3 is 5.97 Å². The summed E-state index contributed by atoms with van der Waals surface area (Å²) in [6.07, 6.45) is 0. The van der Waals surface area contributed by atoms with Gasteiger partial charge < -0.3 is 15.2 Å². The number of nitrogens with one attached hydrogen (secondary N) is 1. The number of nitriles is 1. The predicted octanol–water partition coefficient (Wildman–Crippen LogP) is 1.32. The zero-order valence-electron chi connectivity index (χ0n) is 9.51. The van der Waals surface area contributed by atoms with Gasteiger partial charge in [-0.15, -0.1) is 0 Å². The number of hydrogen-bond donors (Lipinski definition) is 2. The first kappa shape index (κ1) is 13.0. The fourth-order valence-electron chi connectivity index (χ4n) is 1.33. The minimum Gasteiger partial charge on any atom is -0.480 e. The molecule has 1 aromatic carbocycles. The van der Waals surface area contributed by atoms with Crippen molar-refractivity contribution < 1.29 is 14.6 Å². The van der Waals surface area contributed by atoms with Crippen LogP contribution < -0.4 is 10.1 Å². The Morgan fingerprint density at radius 1 is 1.53 bits per heavy atom. The summed E-state index contributed by atoms with van der Waals surface area (Å²) in [7, 11) is 0. The third-order valence-corrected chi connectivity index (χ3v) is 2.24. The third-order valence-electron chi connectivity index (χ3n) is 2.24. The highest BCUT2D eigenvalue weighted by atomic mass is 16.5. The number of carbonyl (C=O) groups is 1. The molecule has 17 heavy (non-hydrogen) atoms. The Balaban J connectivity index is 2.54. The number of aliphatic carboxylic acids is 1. The molecule has 1 unspecified atom stereocenters. The van der Waals surface area contributed by atoms with Crippen LogP contribution in [0.3, 0.4) is 0 Å². The summed E-state index contributed by atoms with van der Waals surface area (Å²) in [6.45, 7) is 1.83. The van der Waals surface area contributed by atoms with Crippen molar-refractivity contribution in [3.8, 4) is 11.8 Å².